The second kappa shape index (κ2) is 7.47. The lowest BCUT2D eigenvalue weighted by atomic mass is 10.3. The van der Waals surface area contributed by atoms with Gasteiger partial charge in [-0.15, -0.1) is 0 Å². The fraction of sp³-hybridized carbons (Fsp3) is 0.538. The summed E-state index contributed by atoms with van der Waals surface area (Å²) < 4.78 is 31.9. The molecule has 1 rings (SSSR count). The van der Waals surface area contributed by atoms with Crippen LogP contribution in [0.25, 0.3) is 0 Å². The molecule has 0 saturated heterocycles. The average molecular weight is 287 g/mol. The summed E-state index contributed by atoms with van der Waals surface area (Å²) in [5, 5.41) is 8.63. The topological polar surface area (TPSA) is 75.6 Å². The van der Waals surface area contributed by atoms with E-state index in [1.54, 1.807) is 12.1 Å². The third-order valence-corrected chi connectivity index (χ3v) is 4.28. The van der Waals surface area contributed by atoms with E-state index in [1.165, 1.54) is 12.1 Å². The van der Waals surface area contributed by atoms with E-state index < -0.39 is 10.0 Å². The number of hydrogen-bond donors (Lipinski definition) is 2. The molecule has 108 valence electrons. The molecule has 0 heterocycles. The molecule has 2 N–H and O–H groups in total. The molecule has 1 unspecified atom stereocenters. The number of aliphatic hydroxyl groups excluding tert-OH is 1. The summed E-state index contributed by atoms with van der Waals surface area (Å²) in [5.41, 5.74) is 0. The molecule has 0 bridgehead atoms. The van der Waals surface area contributed by atoms with E-state index in [0.717, 1.165) is 6.42 Å². The Bertz CT molecular complexity index is 470. The zero-order valence-electron chi connectivity index (χ0n) is 11.3. The Hall–Kier alpha value is -1.11. The number of rotatable bonds is 8. The summed E-state index contributed by atoms with van der Waals surface area (Å²) in [4.78, 5) is 0.224. The molecule has 1 atom stereocenters. The van der Waals surface area contributed by atoms with Crippen LogP contribution >= 0.6 is 0 Å². The first-order valence-electron chi connectivity index (χ1n) is 6.35. The van der Waals surface area contributed by atoms with E-state index in [2.05, 4.69) is 4.72 Å². The monoisotopic (exact) mass is 287 g/mol. The Balaban J connectivity index is 2.69. The maximum Gasteiger partial charge on any atom is 0.240 e. The van der Waals surface area contributed by atoms with Crippen molar-refractivity contribution in [3.05, 3.63) is 24.3 Å². The largest absolute Gasteiger partial charge is 0.494 e. The quantitative estimate of drug-likeness (QED) is 0.711. The van der Waals surface area contributed by atoms with Gasteiger partial charge in [0.1, 0.15) is 5.75 Å². The number of ether oxygens (including phenoxy) is 1. The first kappa shape index (κ1) is 15.9. The van der Waals surface area contributed by atoms with Gasteiger partial charge < -0.3 is 9.84 Å². The van der Waals surface area contributed by atoms with E-state index in [9.17, 15) is 8.42 Å². The van der Waals surface area contributed by atoms with Crippen molar-refractivity contribution in [1.29, 1.82) is 0 Å². The van der Waals surface area contributed by atoms with Gasteiger partial charge in [-0.05, 0) is 37.6 Å². The van der Waals surface area contributed by atoms with Crippen LogP contribution in [0.15, 0.2) is 29.2 Å². The van der Waals surface area contributed by atoms with E-state index in [4.69, 9.17) is 9.84 Å². The minimum absolute atomic E-state index is 0.0747. The fourth-order valence-electron chi connectivity index (χ4n) is 1.39. The number of sulfonamides is 1. The third-order valence-electron chi connectivity index (χ3n) is 2.67. The van der Waals surface area contributed by atoms with E-state index in [1.807, 2.05) is 13.8 Å². The molecule has 0 saturated carbocycles. The van der Waals surface area contributed by atoms with Crippen molar-refractivity contribution in [2.45, 2.75) is 37.6 Å². The van der Waals surface area contributed by atoms with Crippen molar-refractivity contribution < 1.29 is 18.3 Å². The summed E-state index contributed by atoms with van der Waals surface area (Å²) in [6.45, 7) is 4.23. The van der Waals surface area contributed by atoms with Crippen molar-refractivity contribution in [2.75, 3.05) is 13.2 Å². The van der Waals surface area contributed by atoms with Crippen molar-refractivity contribution in [3.8, 4) is 5.75 Å². The number of aliphatic hydroxyl groups is 1. The van der Waals surface area contributed by atoms with Crippen LogP contribution < -0.4 is 9.46 Å². The molecule has 0 spiro atoms. The number of hydrogen-bond acceptors (Lipinski definition) is 4. The maximum absolute atomic E-state index is 12.0. The van der Waals surface area contributed by atoms with Crippen LogP contribution in [0.4, 0.5) is 0 Å². The van der Waals surface area contributed by atoms with Gasteiger partial charge >= 0.3 is 0 Å². The molecule has 0 aliphatic rings. The lowest BCUT2D eigenvalue weighted by molar-refractivity contribution is 0.233. The molecule has 1 aromatic carbocycles. The predicted octanol–water partition coefficient (Wildman–Crippen LogP) is 1.52. The summed E-state index contributed by atoms with van der Waals surface area (Å²) in [7, 11) is -3.46. The van der Waals surface area contributed by atoms with Crippen molar-refractivity contribution in [3.63, 3.8) is 0 Å². The Kier molecular flexibility index (Phi) is 6.27. The predicted molar refractivity (Wildman–Crippen MR) is 73.7 cm³/mol. The summed E-state index contributed by atoms with van der Waals surface area (Å²) in [6.07, 6.45) is 1.29. The third kappa shape index (κ3) is 5.18. The number of benzene rings is 1. The highest BCUT2D eigenvalue weighted by atomic mass is 32.2. The Labute approximate surface area is 114 Å². The molecule has 0 amide bonds. The van der Waals surface area contributed by atoms with Crippen LogP contribution in [-0.2, 0) is 10.0 Å². The summed E-state index contributed by atoms with van der Waals surface area (Å²) in [5.74, 6) is 0.593. The molecule has 1 aromatic rings. The standard InChI is InChI=1S/C13H21NO4S/c1-3-11(2)14-19(16,17)13-7-5-12(6-8-13)18-10-4-9-15/h5-8,11,14-15H,3-4,9-10H2,1-2H3. The number of nitrogens with one attached hydrogen (secondary N) is 1. The highest BCUT2D eigenvalue weighted by molar-refractivity contribution is 7.89. The average Bonchev–Trinajstić information content (AvgIpc) is 2.39. The van der Waals surface area contributed by atoms with Gasteiger partial charge in [-0.25, -0.2) is 13.1 Å². The maximum atomic E-state index is 12.0. The molecular formula is C13H21NO4S. The first-order valence-corrected chi connectivity index (χ1v) is 7.84. The minimum Gasteiger partial charge on any atom is -0.494 e. The lowest BCUT2D eigenvalue weighted by Crippen LogP contribution is -2.31. The van der Waals surface area contributed by atoms with Gasteiger partial charge in [0, 0.05) is 19.1 Å². The molecule has 0 aromatic heterocycles. The smallest absolute Gasteiger partial charge is 0.240 e. The SMILES string of the molecule is CCC(C)NS(=O)(=O)c1ccc(OCCCO)cc1. The van der Waals surface area contributed by atoms with Crippen LogP contribution in [0.1, 0.15) is 26.7 Å². The van der Waals surface area contributed by atoms with Gasteiger partial charge in [-0.1, -0.05) is 6.92 Å². The van der Waals surface area contributed by atoms with Crippen LogP contribution in [0.5, 0.6) is 5.75 Å². The lowest BCUT2D eigenvalue weighted by Gasteiger charge is -2.12. The van der Waals surface area contributed by atoms with Crippen LogP contribution in [0.3, 0.4) is 0 Å². The molecule has 6 heteroatoms. The van der Waals surface area contributed by atoms with E-state index >= 15 is 0 Å². The molecule has 19 heavy (non-hydrogen) atoms. The second-order valence-corrected chi connectivity index (χ2v) is 6.04. The van der Waals surface area contributed by atoms with Gasteiger partial charge in [-0.3, -0.25) is 0 Å². The van der Waals surface area contributed by atoms with Crippen LogP contribution in [0.2, 0.25) is 0 Å². The zero-order chi connectivity index (χ0) is 14.3. The molecule has 0 aliphatic carbocycles. The van der Waals surface area contributed by atoms with E-state index in [-0.39, 0.29) is 17.5 Å². The molecule has 0 radical (unpaired) electrons. The normalized spacial score (nSPS) is 13.2. The molecule has 0 fully saturated rings. The highest BCUT2D eigenvalue weighted by Gasteiger charge is 2.16. The first-order chi connectivity index (χ1) is 8.99. The molecule has 5 nitrogen and oxygen atoms in total. The Morgan fingerprint density at radius 2 is 1.95 bits per heavy atom. The Morgan fingerprint density at radius 1 is 1.32 bits per heavy atom. The second-order valence-electron chi connectivity index (χ2n) is 4.33. The van der Waals surface area contributed by atoms with Crippen molar-refractivity contribution >= 4 is 10.0 Å². The highest BCUT2D eigenvalue weighted by Crippen LogP contribution is 2.16. The van der Waals surface area contributed by atoms with Gasteiger partial charge in [-0.2, -0.15) is 0 Å². The Morgan fingerprint density at radius 3 is 2.47 bits per heavy atom. The fourth-order valence-corrected chi connectivity index (χ4v) is 2.71. The van der Waals surface area contributed by atoms with Gasteiger partial charge in [0.05, 0.1) is 11.5 Å². The zero-order valence-corrected chi connectivity index (χ0v) is 12.1. The van der Waals surface area contributed by atoms with Gasteiger partial charge in [0.15, 0.2) is 0 Å². The summed E-state index contributed by atoms with van der Waals surface area (Å²) >= 11 is 0. The van der Waals surface area contributed by atoms with E-state index in [0.29, 0.717) is 18.8 Å². The summed E-state index contributed by atoms with van der Waals surface area (Å²) in [6, 6.07) is 6.16. The van der Waals surface area contributed by atoms with Crippen molar-refractivity contribution in [1.82, 2.24) is 4.72 Å². The van der Waals surface area contributed by atoms with Crippen molar-refractivity contribution in [2.24, 2.45) is 0 Å². The molecular weight excluding hydrogens is 266 g/mol. The van der Waals surface area contributed by atoms with Gasteiger partial charge in [0.25, 0.3) is 0 Å². The molecule has 0 aliphatic heterocycles. The van der Waals surface area contributed by atoms with Crippen LogP contribution in [0, 0.1) is 0 Å². The van der Waals surface area contributed by atoms with Crippen LogP contribution in [-0.4, -0.2) is 32.8 Å². The van der Waals surface area contributed by atoms with Gasteiger partial charge in [0.2, 0.25) is 10.0 Å². The minimum atomic E-state index is -3.46.